The lowest BCUT2D eigenvalue weighted by Crippen LogP contribution is -2.18. The molecule has 0 radical (unpaired) electrons. The lowest BCUT2D eigenvalue weighted by atomic mass is 10.00. The SMILES string of the molecule is CCNC/C(=C/c1cc(Cl)ccc1Cl)C(C)C. The van der Waals surface area contributed by atoms with Crippen LogP contribution in [0.5, 0.6) is 0 Å². The van der Waals surface area contributed by atoms with Crippen LogP contribution in [0.15, 0.2) is 23.8 Å². The van der Waals surface area contributed by atoms with Crippen molar-refractivity contribution in [2.24, 2.45) is 5.92 Å². The van der Waals surface area contributed by atoms with E-state index in [1.165, 1.54) is 5.57 Å². The Hall–Kier alpha value is -0.500. The maximum absolute atomic E-state index is 6.16. The van der Waals surface area contributed by atoms with Crippen molar-refractivity contribution in [3.05, 3.63) is 39.4 Å². The summed E-state index contributed by atoms with van der Waals surface area (Å²) < 4.78 is 0. The topological polar surface area (TPSA) is 12.0 Å². The van der Waals surface area contributed by atoms with Crippen molar-refractivity contribution in [2.75, 3.05) is 13.1 Å². The van der Waals surface area contributed by atoms with Gasteiger partial charge in [0.2, 0.25) is 0 Å². The largest absolute Gasteiger partial charge is 0.313 e. The van der Waals surface area contributed by atoms with Gasteiger partial charge < -0.3 is 5.32 Å². The fourth-order valence-corrected chi connectivity index (χ4v) is 1.87. The van der Waals surface area contributed by atoms with E-state index in [4.69, 9.17) is 23.2 Å². The molecule has 1 nitrogen and oxygen atoms in total. The molecule has 0 spiro atoms. The molecule has 1 aromatic carbocycles. The number of likely N-dealkylation sites (N-methyl/N-ethyl adjacent to an activating group) is 1. The third-order valence-electron chi connectivity index (χ3n) is 2.62. The van der Waals surface area contributed by atoms with E-state index in [2.05, 4.69) is 32.2 Å². The molecule has 0 unspecified atom stereocenters. The minimum Gasteiger partial charge on any atom is -0.313 e. The van der Waals surface area contributed by atoms with Gasteiger partial charge in [-0.05, 0) is 36.2 Å². The highest BCUT2D eigenvalue weighted by Crippen LogP contribution is 2.24. The second-order valence-corrected chi connectivity index (χ2v) is 5.16. The Morgan fingerprint density at radius 1 is 1.35 bits per heavy atom. The van der Waals surface area contributed by atoms with E-state index >= 15 is 0 Å². The summed E-state index contributed by atoms with van der Waals surface area (Å²) in [6, 6.07) is 5.54. The molecule has 94 valence electrons. The van der Waals surface area contributed by atoms with Crippen LogP contribution < -0.4 is 5.32 Å². The van der Waals surface area contributed by atoms with Gasteiger partial charge in [-0.3, -0.25) is 0 Å². The number of nitrogens with one attached hydrogen (secondary N) is 1. The zero-order valence-corrected chi connectivity index (χ0v) is 12.1. The van der Waals surface area contributed by atoms with E-state index in [0.717, 1.165) is 23.7 Å². The number of hydrogen-bond acceptors (Lipinski definition) is 1. The summed E-state index contributed by atoms with van der Waals surface area (Å²) in [4.78, 5) is 0. The number of halogens is 2. The summed E-state index contributed by atoms with van der Waals surface area (Å²) in [5.74, 6) is 0.490. The molecule has 3 heteroatoms. The molecule has 17 heavy (non-hydrogen) atoms. The lowest BCUT2D eigenvalue weighted by molar-refractivity contribution is 0.682. The summed E-state index contributed by atoms with van der Waals surface area (Å²) in [5, 5.41) is 4.79. The minimum absolute atomic E-state index is 0.490. The van der Waals surface area contributed by atoms with Gasteiger partial charge in [-0.25, -0.2) is 0 Å². The van der Waals surface area contributed by atoms with Gasteiger partial charge in [0, 0.05) is 16.6 Å². The minimum atomic E-state index is 0.490. The molecule has 0 aromatic heterocycles. The zero-order valence-electron chi connectivity index (χ0n) is 10.6. The molecular weight excluding hydrogens is 253 g/mol. The van der Waals surface area contributed by atoms with Crippen LogP contribution in [0.3, 0.4) is 0 Å². The van der Waals surface area contributed by atoms with E-state index in [-0.39, 0.29) is 0 Å². The monoisotopic (exact) mass is 271 g/mol. The van der Waals surface area contributed by atoms with Gasteiger partial charge in [0.15, 0.2) is 0 Å². The fraction of sp³-hybridized carbons (Fsp3) is 0.429. The summed E-state index contributed by atoms with van der Waals surface area (Å²) in [5.41, 5.74) is 2.32. The third kappa shape index (κ3) is 4.71. The van der Waals surface area contributed by atoms with Crippen molar-refractivity contribution in [1.29, 1.82) is 0 Å². The van der Waals surface area contributed by atoms with Crippen molar-refractivity contribution in [3.8, 4) is 0 Å². The van der Waals surface area contributed by atoms with Crippen LogP contribution in [0.4, 0.5) is 0 Å². The second kappa shape index (κ2) is 7.05. The van der Waals surface area contributed by atoms with Crippen molar-refractivity contribution in [2.45, 2.75) is 20.8 Å². The van der Waals surface area contributed by atoms with E-state index in [0.29, 0.717) is 10.9 Å². The standard InChI is InChI=1S/C14H19Cl2N/c1-4-17-9-12(10(2)3)7-11-8-13(15)5-6-14(11)16/h5-8,10,17H,4,9H2,1-3H3/b12-7-. The van der Waals surface area contributed by atoms with E-state index in [9.17, 15) is 0 Å². The molecule has 0 atom stereocenters. The van der Waals surface area contributed by atoms with Gasteiger partial charge in [-0.15, -0.1) is 0 Å². The van der Waals surface area contributed by atoms with Gasteiger partial charge in [-0.2, -0.15) is 0 Å². The molecular formula is C14H19Cl2N. The predicted molar refractivity (Wildman–Crippen MR) is 77.8 cm³/mol. The van der Waals surface area contributed by atoms with Crippen molar-refractivity contribution in [1.82, 2.24) is 5.32 Å². The smallest absolute Gasteiger partial charge is 0.0479 e. The van der Waals surface area contributed by atoms with Crippen LogP contribution in [0.1, 0.15) is 26.3 Å². The second-order valence-electron chi connectivity index (χ2n) is 4.32. The van der Waals surface area contributed by atoms with Crippen LogP contribution in [0, 0.1) is 5.92 Å². The maximum atomic E-state index is 6.16. The van der Waals surface area contributed by atoms with Gasteiger partial charge in [-0.1, -0.05) is 55.6 Å². The van der Waals surface area contributed by atoms with Crippen LogP contribution in [0.25, 0.3) is 6.08 Å². The van der Waals surface area contributed by atoms with Crippen LogP contribution in [-0.2, 0) is 0 Å². The quantitative estimate of drug-likeness (QED) is 0.823. The molecule has 0 aliphatic heterocycles. The van der Waals surface area contributed by atoms with Crippen LogP contribution >= 0.6 is 23.2 Å². The molecule has 0 aliphatic rings. The summed E-state index contributed by atoms with van der Waals surface area (Å²) >= 11 is 12.1. The van der Waals surface area contributed by atoms with E-state index < -0.39 is 0 Å². The molecule has 0 saturated carbocycles. The first kappa shape index (κ1) is 14.6. The van der Waals surface area contributed by atoms with Crippen LogP contribution in [-0.4, -0.2) is 13.1 Å². The highest BCUT2D eigenvalue weighted by molar-refractivity contribution is 6.34. The summed E-state index contributed by atoms with van der Waals surface area (Å²) in [7, 11) is 0. The average molecular weight is 272 g/mol. The molecule has 1 aromatic rings. The fourth-order valence-electron chi connectivity index (χ4n) is 1.52. The normalized spacial score (nSPS) is 12.2. The first-order chi connectivity index (χ1) is 8.04. The zero-order chi connectivity index (χ0) is 12.8. The third-order valence-corrected chi connectivity index (χ3v) is 3.20. The maximum Gasteiger partial charge on any atom is 0.0479 e. The number of rotatable bonds is 5. The Kier molecular flexibility index (Phi) is 6.04. The molecule has 1 N–H and O–H groups in total. The molecule has 0 amide bonds. The number of hydrogen-bond donors (Lipinski definition) is 1. The molecule has 0 saturated heterocycles. The highest BCUT2D eigenvalue weighted by atomic mass is 35.5. The molecule has 1 rings (SSSR count). The molecule has 0 heterocycles. The van der Waals surface area contributed by atoms with Gasteiger partial charge in [0.25, 0.3) is 0 Å². The van der Waals surface area contributed by atoms with Gasteiger partial charge in [0.1, 0.15) is 0 Å². The number of benzene rings is 1. The Balaban J connectivity index is 2.99. The molecule has 0 bridgehead atoms. The predicted octanol–water partition coefficient (Wildman–Crippen LogP) is 4.64. The first-order valence-corrected chi connectivity index (χ1v) is 6.66. The van der Waals surface area contributed by atoms with E-state index in [1.807, 2.05) is 12.1 Å². The van der Waals surface area contributed by atoms with Crippen LogP contribution in [0.2, 0.25) is 10.0 Å². The van der Waals surface area contributed by atoms with Crippen molar-refractivity contribution in [3.63, 3.8) is 0 Å². The van der Waals surface area contributed by atoms with Crippen molar-refractivity contribution < 1.29 is 0 Å². The molecule has 0 fully saturated rings. The summed E-state index contributed by atoms with van der Waals surface area (Å²) in [6.45, 7) is 8.32. The van der Waals surface area contributed by atoms with Crippen molar-refractivity contribution >= 4 is 29.3 Å². The van der Waals surface area contributed by atoms with Gasteiger partial charge in [0.05, 0.1) is 0 Å². The molecule has 0 aliphatic carbocycles. The Morgan fingerprint density at radius 3 is 2.65 bits per heavy atom. The Labute approximate surface area is 114 Å². The Bertz CT molecular complexity index is 397. The lowest BCUT2D eigenvalue weighted by Gasteiger charge is -2.12. The Morgan fingerprint density at radius 2 is 2.06 bits per heavy atom. The highest BCUT2D eigenvalue weighted by Gasteiger charge is 2.05. The first-order valence-electron chi connectivity index (χ1n) is 5.90. The summed E-state index contributed by atoms with van der Waals surface area (Å²) in [6.07, 6.45) is 2.13. The average Bonchev–Trinajstić information content (AvgIpc) is 2.28. The van der Waals surface area contributed by atoms with E-state index in [1.54, 1.807) is 6.07 Å². The van der Waals surface area contributed by atoms with Gasteiger partial charge >= 0.3 is 0 Å².